The van der Waals surface area contributed by atoms with Crippen LogP contribution in [-0.2, 0) is 10.0 Å². The molecule has 1 heterocycles. The standard InChI is InChI=1S/C10H16BrN3O2S/c1-14(9-5-3-2-4-8(9)11)17(15,16)10-6-12-7-13-10/h6-9H,2-5H2,1H3,(H,12,13). The second-order valence-electron chi connectivity index (χ2n) is 4.30. The molecule has 1 fully saturated rings. The van der Waals surface area contributed by atoms with E-state index >= 15 is 0 Å². The second-order valence-corrected chi connectivity index (χ2v) is 7.45. The van der Waals surface area contributed by atoms with Crippen molar-refractivity contribution in [3.8, 4) is 0 Å². The van der Waals surface area contributed by atoms with Crippen molar-refractivity contribution in [1.29, 1.82) is 0 Å². The Hall–Kier alpha value is -0.400. The average Bonchev–Trinajstić information content (AvgIpc) is 2.83. The van der Waals surface area contributed by atoms with E-state index in [1.807, 2.05) is 0 Å². The lowest BCUT2D eigenvalue weighted by molar-refractivity contribution is 0.296. The number of imidazole rings is 1. The Balaban J connectivity index is 2.22. The number of nitrogens with zero attached hydrogens (tertiary/aromatic N) is 2. The number of hydrogen-bond acceptors (Lipinski definition) is 3. The Bertz CT molecular complexity index is 460. The van der Waals surface area contributed by atoms with Gasteiger partial charge in [-0.3, -0.25) is 0 Å². The van der Waals surface area contributed by atoms with Gasteiger partial charge < -0.3 is 4.98 Å². The second kappa shape index (κ2) is 5.07. The molecule has 2 rings (SSSR count). The maximum absolute atomic E-state index is 12.3. The molecule has 1 N–H and O–H groups in total. The fraction of sp³-hybridized carbons (Fsp3) is 0.700. The summed E-state index contributed by atoms with van der Waals surface area (Å²) in [5.41, 5.74) is 0. The third-order valence-electron chi connectivity index (χ3n) is 3.24. The molecule has 2 unspecified atom stereocenters. The van der Waals surface area contributed by atoms with E-state index in [1.165, 1.54) is 16.8 Å². The summed E-state index contributed by atoms with van der Waals surface area (Å²) in [5, 5.41) is 0.158. The number of hydrogen-bond donors (Lipinski definition) is 1. The Kier molecular flexibility index (Phi) is 3.89. The molecule has 5 nitrogen and oxygen atoms in total. The van der Waals surface area contributed by atoms with Crippen LogP contribution in [-0.4, -0.2) is 40.6 Å². The van der Waals surface area contributed by atoms with Crippen molar-refractivity contribution in [3.63, 3.8) is 0 Å². The number of rotatable bonds is 3. The quantitative estimate of drug-likeness (QED) is 0.862. The van der Waals surface area contributed by atoms with Gasteiger partial charge in [0.05, 0.1) is 12.5 Å². The predicted octanol–water partition coefficient (Wildman–Crippen LogP) is 1.74. The van der Waals surface area contributed by atoms with E-state index in [-0.39, 0.29) is 15.9 Å². The summed E-state index contributed by atoms with van der Waals surface area (Å²) in [6, 6.07) is 0.0250. The first kappa shape index (κ1) is 13.0. The summed E-state index contributed by atoms with van der Waals surface area (Å²) in [7, 11) is -1.80. The number of aromatic amines is 1. The molecule has 0 amide bonds. The van der Waals surface area contributed by atoms with E-state index in [4.69, 9.17) is 0 Å². The van der Waals surface area contributed by atoms with Crippen molar-refractivity contribution in [2.75, 3.05) is 7.05 Å². The molecule has 0 spiro atoms. The summed E-state index contributed by atoms with van der Waals surface area (Å²) in [6.45, 7) is 0. The molecule has 1 saturated carbocycles. The number of halogens is 1. The topological polar surface area (TPSA) is 66.1 Å². The van der Waals surface area contributed by atoms with Gasteiger partial charge in [0.2, 0.25) is 0 Å². The zero-order valence-electron chi connectivity index (χ0n) is 9.63. The van der Waals surface area contributed by atoms with Gasteiger partial charge in [-0.1, -0.05) is 28.8 Å². The Morgan fingerprint density at radius 1 is 1.47 bits per heavy atom. The van der Waals surface area contributed by atoms with Crippen molar-refractivity contribution < 1.29 is 8.42 Å². The van der Waals surface area contributed by atoms with Gasteiger partial charge in [0, 0.05) is 17.9 Å². The zero-order chi connectivity index (χ0) is 12.5. The monoisotopic (exact) mass is 321 g/mol. The molecule has 0 aliphatic heterocycles. The van der Waals surface area contributed by atoms with Gasteiger partial charge >= 0.3 is 0 Å². The van der Waals surface area contributed by atoms with Crippen LogP contribution in [0.2, 0.25) is 0 Å². The first-order valence-electron chi connectivity index (χ1n) is 5.64. The van der Waals surface area contributed by atoms with Gasteiger partial charge in [-0.25, -0.2) is 13.4 Å². The van der Waals surface area contributed by atoms with Gasteiger partial charge in [-0.05, 0) is 12.8 Å². The van der Waals surface area contributed by atoms with Gasteiger partial charge in [-0.2, -0.15) is 4.31 Å². The lowest BCUT2D eigenvalue weighted by atomic mass is 9.96. The molecule has 1 aliphatic carbocycles. The van der Waals surface area contributed by atoms with Crippen molar-refractivity contribution >= 4 is 26.0 Å². The van der Waals surface area contributed by atoms with E-state index in [0.717, 1.165) is 25.7 Å². The first-order chi connectivity index (χ1) is 8.03. The number of sulfonamides is 1. The highest BCUT2D eigenvalue weighted by molar-refractivity contribution is 9.09. The van der Waals surface area contributed by atoms with E-state index in [2.05, 4.69) is 25.9 Å². The maximum atomic E-state index is 12.3. The molecule has 0 radical (unpaired) electrons. The summed E-state index contributed by atoms with van der Waals surface area (Å²) in [5.74, 6) is 0. The minimum Gasteiger partial charge on any atom is -0.335 e. The molecule has 96 valence electrons. The van der Waals surface area contributed by atoms with Crippen LogP contribution in [0.5, 0.6) is 0 Å². The highest BCUT2D eigenvalue weighted by Crippen LogP contribution is 2.30. The molecule has 17 heavy (non-hydrogen) atoms. The molecule has 7 heteroatoms. The molecule has 0 saturated heterocycles. The average molecular weight is 322 g/mol. The van der Waals surface area contributed by atoms with Gasteiger partial charge in [0.15, 0.2) is 5.03 Å². The van der Waals surface area contributed by atoms with Gasteiger partial charge in [0.1, 0.15) is 0 Å². The van der Waals surface area contributed by atoms with Crippen molar-refractivity contribution in [2.45, 2.75) is 41.6 Å². The molecule has 0 aromatic carbocycles. The number of aromatic nitrogens is 2. The van der Waals surface area contributed by atoms with Gasteiger partial charge in [0.25, 0.3) is 10.0 Å². The molecule has 1 aliphatic rings. The normalized spacial score (nSPS) is 26.3. The summed E-state index contributed by atoms with van der Waals surface area (Å²) < 4.78 is 26.0. The Morgan fingerprint density at radius 3 is 2.76 bits per heavy atom. The predicted molar refractivity (Wildman–Crippen MR) is 68.5 cm³/mol. The number of nitrogens with one attached hydrogen (secondary N) is 1. The van der Waals surface area contributed by atoms with Crippen molar-refractivity contribution in [3.05, 3.63) is 12.5 Å². The molecule has 0 bridgehead atoms. The molecule has 1 aromatic heterocycles. The SMILES string of the molecule is CN(C1CCCCC1Br)S(=O)(=O)c1cnc[nH]1. The van der Waals surface area contributed by atoms with Crippen molar-refractivity contribution in [1.82, 2.24) is 14.3 Å². The van der Waals surface area contributed by atoms with Crippen LogP contribution in [0.15, 0.2) is 17.6 Å². The third kappa shape index (κ3) is 2.56. The largest absolute Gasteiger partial charge is 0.335 e. The molecule has 1 aromatic rings. The number of alkyl halides is 1. The fourth-order valence-electron chi connectivity index (χ4n) is 2.19. The number of H-pyrrole nitrogens is 1. The fourth-order valence-corrected chi connectivity index (χ4v) is 4.61. The van der Waals surface area contributed by atoms with Crippen LogP contribution < -0.4 is 0 Å². The Labute approximate surface area is 110 Å². The van der Waals surface area contributed by atoms with E-state index < -0.39 is 10.0 Å². The minimum absolute atomic E-state index is 0.0250. The third-order valence-corrected chi connectivity index (χ3v) is 6.12. The summed E-state index contributed by atoms with van der Waals surface area (Å²) >= 11 is 3.58. The van der Waals surface area contributed by atoms with E-state index in [9.17, 15) is 8.42 Å². The highest BCUT2D eigenvalue weighted by atomic mass is 79.9. The molecular weight excluding hydrogens is 306 g/mol. The van der Waals surface area contributed by atoms with Crippen molar-refractivity contribution in [2.24, 2.45) is 0 Å². The van der Waals surface area contributed by atoms with Crippen LogP contribution in [0.3, 0.4) is 0 Å². The molecule has 2 atom stereocenters. The van der Waals surface area contributed by atoms with Crippen LogP contribution in [0.25, 0.3) is 0 Å². The van der Waals surface area contributed by atoms with Crippen LogP contribution in [0.1, 0.15) is 25.7 Å². The Morgan fingerprint density at radius 2 is 2.18 bits per heavy atom. The summed E-state index contributed by atoms with van der Waals surface area (Å²) in [6.07, 6.45) is 6.89. The first-order valence-corrected chi connectivity index (χ1v) is 7.99. The lowest BCUT2D eigenvalue weighted by Gasteiger charge is -2.33. The molecular formula is C10H16BrN3O2S. The maximum Gasteiger partial charge on any atom is 0.260 e. The minimum atomic E-state index is -3.44. The highest BCUT2D eigenvalue weighted by Gasteiger charge is 2.34. The van der Waals surface area contributed by atoms with E-state index in [1.54, 1.807) is 7.05 Å². The zero-order valence-corrected chi connectivity index (χ0v) is 12.0. The van der Waals surface area contributed by atoms with E-state index in [0.29, 0.717) is 0 Å². The summed E-state index contributed by atoms with van der Waals surface area (Å²) in [4.78, 5) is 6.65. The van der Waals surface area contributed by atoms with Crippen LogP contribution in [0, 0.1) is 0 Å². The van der Waals surface area contributed by atoms with Gasteiger partial charge in [-0.15, -0.1) is 0 Å². The lowest BCUT2D eigenvalue weighted by Crippen LogP contribution is -2.44. The smallest absolute Gasteiger partial charge is 0.260 e. The van der Waals surface area contributed by atoms with Crippen LogP contribution >= 0.6 is 15.9 Å². The van der Waals surface area contributed by atoms with Crippen LogP contribution in [0.4, 0.5) is 0 Å².